The van der Waals surface area contributed by atoms with Crippen molar-refractivity contribution in [1.82, 2.24) is 10.2 Å². The summed E-state index contributed by atoms with van der Waals surface area (Å²) >= 11 is 1.56. The Balaban J connectivity index is 1.17. The Hall–Kier alpha value is -3.35. The summed E-state index contributed by atoms with van der Waals surface area (Å²) in [4.78, 5) is 13.9. The van der Waals surface area contributed by atoms with Gasteiger partial charge in [0.15, 0.2) is 5.78 Å². The van der Waals surface area contributed by atoms with Crippen molar-refractivity contribution in [2.45, 2.75) is 32.5 Å². The minimum Gasteiger partial charge on any atom is -0.373 e. The van der Waals surface area contributed by atoms with Crippen LogP contribution in [-0.4, -0.2) is 35.2 Å². The normalized spacial score (nSPS) is 14.3. The molecule has 0 aliphatic carbocycles. The van der Waals surface area contributed by atoms with E-state index in [2.05, 4.69) is 63.6 Å². The zero-order valence-electron chi connectivity index (χ0n) is 19.2. The molecule has 34 heavy (non-hydrogen) atoms. The molecule has 3 aromatic carbocycles. The van der Waals surface area contributed by atoms with Crippen LogP contribution in [0, 0.1) is 0 Å². The molecule has 0 atom stereocenters. The standard InChI is InChI=1S/C28H27N3O2S/c1-20(32)22-7-9-23(10-8-22)27-29-30-28(34-27)24-11-13-25(14-12-24)31-17-15-26(16-18-31)33-19-21-5-3-2-4-6-21/h2-14,26H,15-19H2,1H3. The van der Waals surface area contributed by atoms with Crippen LogP contribution < -0.4 is 4.90 Å². The van der Waals surface area contributed by atoms with E-state index in [1.807, 2.05) is 30.3 Å². The van der Waals surface area contributed by atoms with Gasteiger partial charge in [-0.2, -0.15) is 0 Å². The summed E-state index contributed by atoms with van der Waals surface area (Å²) in [6, 6.07) is 26.5. The number of ether oxygens (including phenoxy) is 1. The SMILES string of the molecule is CC(=O)c1ccc(-c2nnc(-c3ccc(N4CCC(OCc5ccccc5)CC4)cc3)s2)cc1. The van der Waals surface area contributed by atoms with Crippen molar-refractivity contribution < 1.29 is 9.53 Å². The monoisotopic (exact) mass is 469 g/mol. The molecule has 1 aliphatic heterocycles. The van der Waals surface area contributed by atoms with Crippen LogP contribution in [0.2, 0.25) is 0 Å². The molecule has 5 nitrogen and oxygen atoms in total. The summed E-state index contributed by atoms with van der Waals surface area (Å²) in [6.45, 7) is 4.25. The second kappa shape index (κ2) is 10.3. The van der Waals surface area contributed by atoms with Gasteiger partial charge in [0, 0.05) is 35.5 Å². The number of carbonyl (C=O) groups excluding carboxylic acids is 1. The molecule has 172 valence electrons. The molecule has 0 spiro atoms. The van der Waals surface area contributed by atoms with Crippen molar-refractivity contribution >= 4 is 22.8 Å². The van der Waals surface area contributed by atoms with Crippen LogP contribution >= 0.6 is 11.3 Å². The number of hydrogen-bond acceptors (Lipinski definition) is 6. The lowest BCUT2D eigenvalue weighted by Crippen LogP contribution is -2.36. The molecule has 0 bridgehead atoms. The number of hydrogen-bond donors (Lipinski definition) is 0. The maximum absolute atomic E-state index is 11.5. The van der Waals surface area contributed by atoms with Gasteiger partial charge in [0.1, 0.15) is 10.0 Å². The lowest BCUT2D eigenvalue weighted by Gasteiger charge is -2.33. The topological polar surface area (TPSA) is 55.3 Å². The number of Topliss-reactive ketones (excluding diaryl/α,β-unsaturated/α-hetero) is 1. The lowest BCUT2D eigenvalue weighted by atomic mass is 10.1. The van der Waals surface area contributed by atoms with Crippen LogP contribution in [0.1, 0.15) is 35.7 Å². The zero-order chi connectivity index (χ0) is 23.3. The molecule has 0 unspecified atom stereocenters. The average molecular weight is 470 g/mol. The number of benzene rings is 3. The second-order valence-corrected chi connectivity index (χ2v) is 9.55. The first-order chi connectivity index (χ1) is 16.7. The molecule has 1 aliphatic rings. The number of aromatic nitrogens is 2. The number of anilines is 1. The highest BCUT2D eigenvalue weighted by Gasteiger charge is 2.20. The van der Waals surface area contributed by atoms with E-state index < -0.39 is 0 Å². The molecule has 1 saturated heterocycles. The number of rotatable bonds is 7. The van der Waals surface area contributed by atoms with Gasteiger partial charge in [-0.3, -0.25) is 4.79 Å². The van der Waals surface area contributed by atoms with Gasteiger partial charge in [0.05, 0.1) is 12.7 Å². The van der Waals surface area contributed by atoms with Gasteiger partial charge in [-0.25, -0.2) is 0 Å². The predicted molar refractivity (Wildman–Crippen MR) is 137 cm³/mol. The molecule has 0 saturated carbocycles. The Bertz CT molecular complexity index is 1230. The summed E-state index contributed by atoms with van der Waals surface area (Å²) in [5.74, 6) is 0.0635. The van der Waals surface area contributed by atoms with Gasteiger partial charge in [0.25, 0.3) is 0 Å². The quantitative estimate of drug-likeness (QED) is 0.299. The first-order valence-electron chi connectivity index (χ1n) is 11.6. The van der Waals surface area contributed by atoms with Crippen molar-refractivity contribution in [3.05, 3.63) is 90.0 Å². The van der Waals surface area contributed by atoms with Gasteiger partial charge in [-0.05, 0) is 49.6 Å². The summed E-state index contributed by atoms with van der Waals surface area (Å²) in [7, 11) is 0. The van der Waals surface area contributed by atoms with E-state index in [4.69, 9.17) is 4.74 Å². The molecule has 1 aromatic heterocycles. The highest BCUT2D eigenvalue weighted by Crippen LogP contribution is 2.31. The largest absolute Gasteiger partial charge is 0.373 e. The Morgan fingerprint density at radius 1 is 0.882 bits per heavy atom. The fourth-order valence-corrected chi connectivity index (χ4v) is 5.04. The van der Waals surface area contributed by atoms with E-state index in [1.165, 1.54) is 11.3 Å². The number of carbonyl (C=O) groups is 1. The molecule has 1 fully saturated rings. The second-order valence-electron chi connectivity index (χ2n) is 8.58. The lowest BCUT2D eigenvalue weighted by molar-refractivity contribution is 0.0251. The van der Waals surface area contributed by atoms with E-state index in [9.17, 15) is 4.79 Å². The molecule has 6 heteroatoms. The Kier molecular flexibility index (Phi) is 6.79. The molecule has 2 heterocycles. The number of piperidine rings is 1. The van der Waals surface area contributed by atoms with E-state index in [1.54, 1.807) is 18.3 Å². The maximum Gasteiger partial charge on any atom is 0.159 e. The van der Waals surface area contributed by atoms with Gasteiger partial charge in [-0.1, -0.05) is 65.9 Å². The fraction of sp³-hybridized carbons (Fsp3) is 0.250. The van der Waals surface area contributed by atoms with Crippen molar-refractivity contribution in [1.29, 1.82) is 0 Å². The maximum atomic E-state index is 11.5. The van der Waals surface area contributed by atoms with Crippen LogP contribution in [0.3, 0.4) is 0 Å². The first kappa shape index (κ1) is 22.4. The van der Waals surface area contributed by atoms with E-state index in [0.29, 0.717) is 18.3 Å². The van der Waals surface area contributed by atoms with Crippen LogP contribution in [0.15, 0.2) is 78.9 Å². The van der Waals surface area contributed by atoms with Crippen molar-refractivity contribution in [2.75, 3.05) is 18.0 Å². The molecular weight excluding hydrogens is 442 g/mol. The summed E-state index contributed by atoms with van der Waals surface area (Å²) < 4.78 is 6.13. The highest BCUT2D eigenvalue weighted by atomic mass is 32.1. The third-order valence-corrected chi connectivity index (χ3v) is 7.23. The highest BCUT2D eigenvalue weighted by molar-refractivity contribution is 7.17. The fourth-order valence-electron chi connectivity index (χ4n) is 4.19. The number of ketones is 1. The first-order valence-corrected chi connectivity index (χ1v) is 12.4. The van der Waals surface area contributed by atoms with Crippen LogP contribution in [0.4, 0.5) is 5.69 Å². The van der Waals surface area contributed by atoms with Gasteiger partial charge in [-0.15, -0.1) is 10.2 Å². The average Bonchev–Trinajstić information content (AvgIpc) is 3.39. The zero-order valence-corrected chi connectivity index (χ0v) is 20.0. The smallest absolute Gasteiger partial charge is 0.159 e. The predicted octanol–water partition coefficient (Wildman–Crippen LogP) is 6.26. The molecule has 5 rings (SSSR count). The van der Waals surface area contributed by atoms with Crippen LogP contribution in [-0.2, 0) is 11.3 Å². The molecule has 0 radical (unpaired) electrons. The van der Waals surface area contributed by atoms with E-state index in [0.717, 1.165) is 47.1 Å². The van der Waals surface area contributed by atoms with E-state index >= 15 is 0 Å². The van der Waals surface area contributed by atoms with Crippen molar-refractivity contribution in [2.24, 2.45) is 0 Å². The number of nitrogens with zero attached hydrogens (tertiary/aromatic N) is 3. The van der Waals surface area contributed by atoms with Gasteiger partial charge >= 0.3 is 0 Å². The van der Waals surface area contributed by atoms with Gasteiger partial charge in [0.2, 0.25) is 0 Å². The van der Waals surface area contributed by atoms with Crippen molar-refractivity contribution in [3.63, 3.8) is 0 Å². The minimum atomic E-state index is 0.0635. The summed E-state index contributed by atoms with van der Waals surface area (Å²) in [6.07, 6.45) is 2.40. The summed E-state index contributed by atoms with van der Waals surface area (Å²) in [5, 5.41) is 10.5. The Morgan fingerprint density at radius 2 is 1.47 bits per heavy atom. The molecule has 0 amide bonds. The summed E-state index contributed by atoms with van der Waals surface area (Å²) in [5.41, 5.74) is 5.20. The van der Waals surface area contributed by atoms with Crippen molar-refractivity contribution in [3.8, 4) is 21.1 Å². The van der Waals surface area contributed by atoms with Gasteiger partial charge < -0.3 is 9.64 Å². The molecular formula is C28H27N3O2S. The van der Waals surface area contributed by atoms with E-state index in [-0.39, 0.29) is 5.78 Å². The molecule has 0 N–H and O–H groups in total. The molecule has 4 aromatic rings. The Morgan fingerprint density at radius 3 is 2.06 bits per heavy atom. The minimum absolute atomic E-state index is 0.0635. The van der Waals surface area contributed by atoms with Crippen LogP contribution in [0.5, 0.6) is 0 Å². The third-order valence-electron chi connectivity index (χ3n) is 6.21. The third kappa shape index (κ3) is 5.24. The Labute approximate surface area is 204 Å². The van der Waals surface area contributed by atoms with Crippen LogP contribution in [0.25, 0.3) is 21.1 Å².